The molecular formula is C19H34N4O6. The molecule has 6 N–H and O–H groups in total. The maximum absolute atomic E-state index is 12.8. The predicted octanol–water partition coefficient (Wildman–Crippen LogP) is -0.187. The number of hydrogen-bond acceptors (Lipinski definition) is 5. The molecule has 0 spiro atoms. The van der Waals surface area contributed by atoms with Crippen LogP contribution < -0.4 is 21.3 Å². The Bertz CT molecular complexity index is 595. The van der Waals surface area contributed by atoms with Crippen molar-refractivity contribution in [2.24, 2.45) is 17.8 Å². The van der Waals surface area contributed by atoms with Gasteiger partial charge in [-0.05, 0) is 31.1 Å². The molecule has 0 aromatic rings. The zero-order chi connectivity index (χ0) is 22.1. The Balaban J connectivity index is 2.80. The van der Waals surface area contributed by atoms with Gasteiger partial charge in [0.15, 0.2) is 0 Å². The van der Waals surface area contributed by atoms with Crippen LogP contribution in [0.2, 0.25) is 0 Å². The van der Waals surface area contributed by atoms with E-state index in [-0.39, 0.29) is 30.3 Å². The highest BCUT2D eigenvalue weighted by Gasteiger charge is 2.32. The Morgan fingerprint density at radius 3 is 2.21 bits per heavy atom. The van der Waals surface area contributed by atoms with Crippen LogP contribution >= 0.6 is 0 Å². The normalized spacial score (nSPS) is 19.4. The molecule has 0 aromatic carbocycles. The van der Waals surface area contributed by atoms with Gasteiger partial charge in [-0.1, -0.05) is 27.7 Å². The largest absolute Gasteiger partial charge is 0.465 e. The topological polar surface area (TPSA) is 157 Å². The van der Waals surface area contributed by atoms with Crippen molar-refractivity contribution < 1.29 is 29.4 Å². The number of aliphatic hydroxyl groups excluding tert-OH is 1. The molecular weight excluding hydrogens is 380 g/mol. The van der Waals surface area contributed by atoms with E-state index in [0.29, 0.717) is 25.8 Å². The summed E-state index contributed by atoms with van der Waals surface area (Å²) in [5.74, 6) is -1.63. The fraction of sp³-hybridized carbons (Fsp3) is 0.789. The van der Waals surface area contributed by atoms with Crippen LogP contribution in [0.25, 0.3) is 0 Å². The Morgan fingerprint density at radius 1 is 1.10 bits per heavy atom. The molecule has 0 radical (unpaired) electrons. The molecule has 29 heavy (non-hydrogen) atoms. The standard InChI is InChI=1S/C19H34N4O6/c1-10(2)7-14(22-18(27)15(11(3)4)23-19(28)29)17(26)21-13(9-24)8-12-5-6-20-16(12)25/h10-15,23-24H,5-9H2,1-4H3,(H,20,25)(H,21,26)(H,22,27)(H,28,29)/t12-,13-,14-,15-/m0/s1. The van der Waals surface area contributed by atoms with Gasteiger partial charge in [-0.2, -0.15) is 0 Å². The van der Waals surface area contributed by atoms with Gasteiger partial charge in [0, 0.05) is 12.5 Å². The molecule has 0 unspecified atom stereocenters. The predicted molar refractivity (Wildman–Crippen MR) is 106 cm³/mol. The second-order valence-electron chi connectivity index (χ2n) is 8.26. The molecule has 0 aromatic heterocycles. The van der Waals surface area contributed by atoms with Crippen molar-refractivity contribution in [1.82, 2.24) is 21.3 Å². The van der Waals surface area contributed by atoms with Crippen molar-refractivity contribution in [1.29, 1.82) is 0 Å². The van der Waals surface area contributed by atoms with Crippen LogP contribution in [0.15, 0.2) is 0 Å². The molecule has 166 valence electrons. The molecule has 4 amide bonds. The van der Waals surface area contributed by atoms with Crippen molar-refractivity contribution in [3.63, 3.8) is 0 Å². The van der Waals surface area contributed by atoms with Gasteiger partial charge in [0.05, 0.1) is 12.6 Å². The zero-order valence-electron chi connectivity index (χ0n) is 17.5. The summed E-state index contributed by atoms with van der Waals surface area (Å²) in [4.78, 5) is 48.1. The first-order valence-electron chi connectivity index (χ1n) is 10.0. The van der Waals surface area contributed by atoms with Crippen LogP contribution in [0.1, 0.15) is 47.0 Å². The van der Waals surface area contributed by atoms with Gasteiger partial charge in [0.2, 0.25) is 17.7 Å². The average Bonchev–Trinajstić information content (AvgIpc) is 3.02. The fourth-order valence-corrected chi connectivity index (χ4v) is 3.33. The minimum atomic E-state index is -1.32. The lowest BCUT2D eigenvalue weighted by molar-refractivity contribution is -0.131. The second-order valence-corrected chi connectivity index (χ2v) is 8.26. The van der Waals surface area contributed by atoms with Gasteiger partial charge in [-0.15, -0.1) is 0 Å². The molecule has 1 aliphatic heterocycles. The average molecular weight is 415 g/mol. The zero-order valence-corrected chi connectivity index (χ0v) is 17.5. The highest BCUT2D eigenvalue weighted by molar-refractivity contribution is 5.91. The lowest BCUT2D eigenvalue weighted by atomic mass is 9.97. The quantitative estimate of drug-likeness (QED) is 0.275. The van der Waals surface area contributed by atoms with Crippen LogP contribution in [0.5, 0.6) is 0 Å². The van der Waals surface area contributed by atoms with E-state index < -0.39 is 36.0 Å². The van der Waals surface area contributed by atoms with E-state index in [0.717, 1.165) is 0 Å². The van der Waals surface area contributed by atoms with Gasteiger partial charge in [0.1, 0.15) is 12.1 Å². The third-order valence-corrected chi connectivity index (χ3v) is 4.87. The van der Waals surface area contributed by atoms with Crippen molar-refractivity contribution in [3.8, 4) is 0 Å². The Labute approximate surface area is 171 Å². The van der Waals surface area contributed by atoms with Gasteiger partial charge >= 0.3 is 6.09 Å². The number of carbonyl (C=O) groups excluding carboxylic acids is 3. The van der Waals surface area contributed by atoms with E-state index in [1.165, 1.54) is 0 Å². The van der Waals surface area contributed by atoms with Gasteiger partial charge in [-0.25, -0.2) is 4.79 Å². The van der Waals surface area contributed by atoms with E-state index in [9.17, 15) is 24.3 Å². The molecule has 4 atom stereocenters. The van der Waals surface area contributed by atoms with E-state index in [1.54, 1.807) is 13.8 Å². The molecule has 10 heteroatoms. The molecule has 1 aliphatic rings. The summed E-state index contributed by atoms with van der Waals surface area (Å²) in [7, 11) is 0. The summed E-state index contributed by atoms with van der Waals surface area (Å²) in [6.07, 6.45) is -0.0175. The molecule has 0 saturated carbocycles. The fourth-order valence-electron chi connectivity index (χ4n) is 3.33. The van der Waals surface area contributed by atoms with Crippen LogP contribution in [0.4, 0.5) is 4.79 Å². The first kappa shape index (κ1) is 24.7. The summed E-state index contributed by atoms with van der Waals surface area (Å²) in [5, 5.41) is 28.8. The number of amides is 4. The lowest BCUT2D eigenvalue weighted by Gasteiger charge is -2.27. The monoisotopic (exact) mass is 414 g/mol. The van der Waals surface area contributed by atoms with E-state index in [4.69, 9.17) is 5.11 Å². The molecule has 0 bridgehead atoms. The maximum atomic E-state index is 12.8. The molecule has 1 saturated heterocycles. The number of carbonyl (C=O) groups is 4. The smallest absolute Gasteiger partial charge is 0.405 e. The summed E-state index contributed by atoms with van der Waals surface area (Å²) < 4.78 is 0. The second kappa shape index (κ2) is 11.6. The number of hydrogen-bond donors (Lipinski definition) is 6. The van der Waals surface area contributed by atoms with Gasteiger partial charge < -0.3 is 31.5 Å². The van der Waals surface area contributed by atoms with Crippen molar-refractivity contribution in [3.05, 3.63) is 0 Å². The third kappa shape index (κ3) is 8.26. The summed E-state index contributed by atoms with van der Waals surface area (Å²) >= 11 is 0. The van der Waals surface area contributed by atoms with Gasteiger partial charge in [0.25, 0.3) is 0 Å². The van der Waals surface area contributed by atoms with Crippen LogP contribution in [-0.4, -0.2) is 65.3 Å². The van der Waals surface area contributed by atoms with Crippen molar-refractivity contribution >= 4 is 23.8 Å². The Morgan fingerprint density at radius 2 is 1.76 bits per heavy atom. The van der Waals surface area contributed by atoms with E-state index in [2.05, 4.69) is 21.3 Å². The van der Waals surface area contributed by atoms with E-state index in [1.807, 2.05) is 13.8 Å². The molecule has 0 aliphatic carbocycles. The van der Waals surface area contributed by atoms with Crippen LogP contribution in [-0.2, 0) is 14.4 Å². The number of aliphatic hydroxyl groups is 1. The van der Waals surface area contributed by atoms with Gasteiger partial charge in [-0.3, -0.25) is 14.4 Å². The third-order valence-electron chi connectivity index (χ3n) is 4.87. The lowest BCUT2D eigenvalue weighted by Crippen LogP contribution is -2.56. The summed E-state index contributed by atoms with van der Waals surface area (Å²) in [5.41, 5.74) is 0. The van der Waals surface area contributed by atoms with Crippen LogP contribution in [0, 0.1) is 17.8 Å². The number of carboxylic acid groups (broad SMARTS) is 1. The first-order valence-corrected chi connectivity index (χ1v) is 10.0. The SMILES string of the molecule is CC(C)C[C@H](NC(=O)[C@@H](NC(=O)O)C(C)C)C(=O)N[C@H](CO)C[C@@H]1CCNC1=O. The maximum Gasteiger partial charge on any atom is 0.405 e. The first-order chi connectivity index (χ1) is 13.5. The number of nitrogens with one attached hydrogen (secondary N) is 4. The van der Waals surface area contributed by atoms with E-state index >= 15 is 0 Å². The van der Waals surface area contributed by atoms with Crippen molar-refractivity contribution in [2.75, 3.05) is 13.2 Å². The minimum Gasteiger partial charge on any atom is -0.465 e. The van der Waals surface area contributed by atoms with Crippen molar-refractivity contribution in [2.45, 2.75) is 65.1 Å². The number of rotatable bonds is 11. The Hall–Kier alpha value is -2.36. The highest BCUT2D eigenvalue weighted by Crippen LogP contribution is 2.16. The molecule has 1 fully saturated rings. The highest BCUT2D eigenvalue weighted by atomic mass is 16.4. The molecule has 1 heterocycles. The summed E-state index contributed by atoms with van der Waals surface area (Å²) in [6, 6.07) is -2.49. The summed E-state index contributed by atoms with van der Waals surface area (Å²) in [6.45, 7) is 7.45. The van der Waals surface area contributed by atoms with Crippen LogP contribution in [0.3, 0.4) is 0 Å². The molecule has 1 rings (SSSR count). The molecule has 10 nitrogen and oxygen atoms in total. The Kier molecular flexibility index (Phi) is 9.87. The minimum absolute atomic E-state index is 0.0872.